The Morgan fingerprint density at radius 3 is 2.64 bits per heavy atom. The Bertz CT molecular complexity index is 1230. The zero-order valence-corrected chi connectivity index (χ0v) is 18.9. The number of aryl methyl sites for hydroxylation is 2. The van der Waals surface area contributed by atoms with Gasteiger partial charge in [-0.2, -0.15) is 5.10 Å². The smallest absolute Gasteiger partial charge is 0.261 e. The largest absolute Gasteiger partial charge is 0.422 e. The maximum atomic E-state index is 13.5. The topological polar surface area (TPSA) is 132 Å². The number of halogens is 2. The predicted octanol–water partition coefficient (Wildman–Crippen LogP) is 3.53. The Labute approximate surface area is 194 Å². The van der Waals surface area contributed by atoms with Gasteiger partial charge in [0.2, 0.25) is 11.8 Å². The van der Waals surface area contributed by atoms with Gasteiger partial charge in [0, 0.05) is 25.6 Å². The number of nitrogens with two attached hydrogens (primary N) is 1. The van der Waals surface area contributed by atoms with Gasteiger partial charge in [-0.1, -0.05) is 11.6 Å². The van der Waals surface area contributed by atoms with Crippen molar-refractivity contribution in [2.75, 3.05) is 11.1 Å². The van der Waals surface area contributed by atoms with E-state index in [-0.39, 0.29) is 34.5 Å². The second-order valence-corrected chi connectivity index (χ2v) is 9.51. The third-order valence-electron chi connectivity index (χ3n) is 6.87. The van der Waals surface area contributed by atoms with E-state index < -0.39 is 17.3 Å². The van der Waals surface area contributed by atoms with Gasteiger partial charge in [-0.05, 0) is 55.7 Å². The van der Waals surface area contributed by atoms with Gasteiger partial charge in [0.15, 0.2) is 0 Å². The van der Waals surface area contributed by atoms with E-state index in [4.69, 9.17) is 21.8 Å². The van der Waals surface area contributed by atoms with E-state index in [1.807, 2.05) is 0 Å². The molecule has 0 aliphatic heterocycles. The number of fused-ring (bicyclic) bond motifs is 1. The molecular formula is C22H24ClFN6O3. The first-order valence-corrected chi connectivity index (χ1v) is 11.1. The molecule has 0 radical (unpaired) electrons. The zero-order valence-electron chi connectivity index (χ0n) is 18.2. The second kappa shape index (κ2) is 7.81. The third-order valence-corrected chi connectivity index (χ3v) is 7.16. The highest BCUT2D eigenvalue weighted by molar-refractivity contribution is 6.31. The average molecular weight is 475 g/mol. The normalized spacial score (nSPS) is 26.5. The molecule has 1 amide bonds. The molecule has 9 nitrogen and oxygen atoms in total. The molecule has 2 heterocycles. The van der Waals surface area contributed by atoms with Crippen LogP contribution in [0.15, 0.2) is 22.6 Å². The highest BCUT2D eigenvalue weighted by Gasteiger charge is 2.53. The molecule has 33 heavy (non-hydrogen) atoms. The van der Waals surface area contributed by atoms with Crippen molar-refractivity contribution < 1.29 is 18.7 Å². The van der Waals surface area contributed by atoms with E-state index >= 15 is 0 Å². The zero-order chi connectivity index (χ0) is 23.5. The van der Waals surface area contributed by atoms with Crippen molar-refractivity contribution in [3.05, 3.63) is 52.1 Å². The number of carbonyl (C=O) groups excluding carboxylic acids is 1. The van der Waals surface area contributed by atoms with Crippen molar-refractivity contribution in [1.82, 2.24) is 20.0 Å². The fraction of sp³-hybridized carbons (Fsp3) is 0.455. The Morgan fingerprint density at radius 1 is 1.33 bits per heavy atom. The van der Waals surface area contributed by atoms with Gasteiger partial charge in [-0.15, -0.1) is 10.2 Å². The van der Waals surface area contributed by atoms with Crippen molar-refractivity contribution >= 4 is 29.0 Å². The molecular weight excluding hydrogens is 451 g/mol. The van der Waals surface area contributed by atoms with Crippen LogP contribution >= 0.6 is 11.6 Å². The predicted molar refractivity (Wildman–Crippen MR) is 118 cm³/mol. The first-order chi connectivity index (χ1) is 15.6. The SMILES string of the molecule is Cc1nnc(C2(O)CC3CC(c4nn(C)c(N)c4C(=O)Nc4ccc(F)c(Cl)c4)CC3C2)o1. The van der Waals surface area contributed by atoms with Gasteiger partial charge in [0.1, 0.15) is 22.8 Å². The number of nitrogens with zero attached hydrogens (tertiary/aromatic N) is 4. The van der Waals surface area contributed by atoms with E-state index in [1.165, 1.54) is 22.9 Å². The van der Waals surface area contributed by atoms with Gasteiger partial charge in [0.25, 0.3) is 5.91 Å². The molecule has 2 aliphatic carbocycles. The lowest BCUT2D eigenvalue weighted by Crippen LogP contribution is -2.23. The fourth-order valence-corrected chi connectivity index (χ4v) is 5.57. The van der Waals surface area contributed by atoms with E-state index in [9.17, 15) is 14.3 Å². The number of carbonyl (C=O) groups is 1. The molecule has 2 fully saturated rings. The quantitative estimate of drug-likeness (QED) is 0.526. The monoisotopic (exact) mass is 474 g/mol. The molecule has 4 N–H and O–H groups in total. The molecule has 1 aromatic carbocycles. The maximum absolute atomic E-state index is 13.5. The Balaban J connectivity index is 1.36. The Morgan fingerprint density at radius 2 is 2.03 bits per heavy atom. The summed E-state index contributed by atoms with van der Waals surface area (Å²) in [4.78, 5) is 13.1. The third kappa shape index (κ3) is 3.76. The minimum absolute atomic E-state index is 0.0232. The van der Waals surface area contributed by atoms with Crippen LogP contribution in [-0.4, -0.2) is 31.0 Å². The molecule has 2 atom stereocenters. The Hall–Kier alpha value is -2.98. The summed E-state index contributed by atoms with van der Waals surface area (Å²) in [5.41, 5.74) is 6.39. The molecule has 2 saturated carbocycles. The summed E-state index contributed by atoms with van der Waals surface area (Å²) in [7, 11) is 1.69. The summed E-state index contributed by atoms with van der Waals surface area (Å²) < 4.78 is 20.5. The van der Waals surface area contributed by atoms with Crippen molar-refractivity contribution in [2.24, 2.45) is 18.9 Å². The van der Waals surface area contributed by atoms with E-state index in [0.717, 1.165) is 12.8 Å². The van der Waals surface area contributed by atoms with E-state index in [0.29, 0.717) is 35.7 Å². The molecule has 2 aliphatic rings. The number of amides is 1. The van der Waals surface area contributed by atoms with Gasteiger partial charge < -0.3 is 20.6 Å². The molecule has 2 unspecified atom stereocenters. The molecule has 174 valence electrons. The van der Waals surface area contributed by atoms with Gasteiger partial charge in [-0.3, -0.25) is 9.48 Å². The Kier molecular flexibility index (Phi) is 5.17. The van der Waals surface area contributed by atoms with E-state index in [2.05, 4.69) is 20.6 Å². The lowest BCUT2D eigenvalue weighted by Gasteiger charge is -2.20. The number of aromatic nitrogens is 4. The first kappa shape index (κ1) is 21.8. The van der Waals surface area contributed by atoms with Crippen molar-refractivity contribution in [3.8, 4) is 0 Å². The highest BCUT2D eigenvalue weighted by Crippen LogP contribution is 2.56. The standard InChI is InChI=1S/C22H24ClFN6O3/c1-10-27-28-21(33-10)22(32)8-12-5-11(6-13(12)9-22)18-17(19(25)30(2)29-18)20(31)26-14-3-4-16(24)15(23)7-14/h3-4,7,11-13,32H,5-6,8-9,25H2,1-2H3,(H,26,31). The summed E-state index contributed by atoms with van der Waals surface area (Å²) in [6.07, 6.45) is 2.57. The van der Waals surface area contributed by atoms with Crippen LogP contribution in [0.5, 0.6) is 0 Å². The first-order valence-electron chi connectivity index (χ1n) is 10.8. The van der Waals surface area contributed by atoms with Crippen molar-refractivity contribution in [1.29, 1.82) is 0 Å². The molecule has 0 spiro atoms. The number of nitrogens with one attached hydrogen (secondary N) is 1. The number of aliphatic hydroxyl groups is 1. The molecule has 3 aromatic rings. The lowest BCUT2D eigenvalue weighted by molar-refractivity contribution is 0.00672. The molecule has 11 heteroatoms. The van der Waals surface area contributed by atoms with Crippen LogP contribution in [0.1, 0.15) is 59.4 Å². The minimum Gasteiger partial charge on any atom is -0.422 e. The molecule has 0 saturated heterocycles. The minimum atomic E-state index is -1.12. The van der Waals surface area contributed by atoms with Crippen molar-refractivity contribution in [2.45, 2.75) is 44.1 Å². The van der Waals surface area contributed by atoms with Gasteiger partial charge in [0.05, 0.1) is 10.7 Å². The summed E-state index contributed by atoms with van der Waals surface area (Å²) in [5.74, 6) is 0.462. The lowest BCUT2D eigenvalue weighted by atomic mass is 9.91. The molecule has 0 bridgehead atoms. The van der Waals surface area contributed by atoms with Crippen LogP contribution in [0.25, 0.3) is 0 Å². The summed E-state index contributed by atoms with van der Waals surface area (Å²) in [6.45, 7) is 1.70. The van der Waals surface area contributed by atoms with Gasteiger partial charge in [-0.25, -0.2) is 4.39 Å². The van der Waals surface area contributed by atoms with Crippen LogP contribution in [0, 0.1) is 24.6 Å². The van der Waals surface area contributed by atoms with Crippen LogP contribution in [0.4, 0.5) is 15.9 Å². The average Bonchev–Trinajstić information content (AvgIpc) is 3.48. The number of hydrogen-bond acceptors (Lipinski definition) is 7. The summed E-state index contributed by atoms with van der Waals surface area (Å²) >= 11 is 5.83. The van der Waals surface area contributed by atoms with Gasteiger partial charge >= 0.3 is 0 Å². The van der Waals surface area contributed by atoms with Crippen molar-refractivity contribution in [3.63, 3.8) is 0 Å². The number of hydrogen-bond donors (Lipinski definition) is 3. The summed E-state index contributed by atoms with van der Waals surface area (Å²) in [6, 6.07) is 3.97. The van der Waals surface area contributed by atoms with E-state index in [1.54, 1.807) is 14.0 Å². The number of rotatable bonds is 4. The summed E-state index contributed by atoms with van der Waals surface area (Å²) in [5, 5.41) is 26.2. The number of benzene rings is 1. The van der Waals surface area contributed by atoms with Crippen LogP contribution < -0.4 is 11.1 Å². The number of nitrogen functional groups attached to an aromatic ring is 1. The fourth-order valence-electron chi connectivity index (χ4n) is 5.39. The van der Waals surface area contributed by atoms with Crippen LogP contribution in [0.3, 0.4) is 0 Å². The molecule has 5 rings (SSSR count). The highest BCUT2D eigenvalue weighted by atomic mass is 35.5. The maximum Gasteiger partial charge on any atom is 0.261 e. The van der Waals surface area contributed by atoms with Crippen LogP contribution in [0.2, 0.25) is 5.02 Å². The van der Waals surface area contributed by atoms with Crippen LogP contribution in [-0.2, 0) is 12.6 Å². The molecule has 2 aromatic heterocycles. The second-order valence-electron chi connectivity index (χ2n) is 9.11. The number of anilines is 2.